The quantitative estimate of drug-likeness (QED) is 0.626. The molecule has 1 aromatic carbocycles. The van der Waals surface area contributed by atoms with E-state index in [0.29, 0.717) is 12.3 Å². The first-order valence-electron chi connectivity index (χ1n) is 3.30. The number of aromatic hydroxyl groups is 1. The number of ether oxygens (including phenoxy) is 1. The fourth-order valence-corrected chi connectivity index (χ4v) is 0.869. The molecule has 0 spiro atoms. The largest absolute Gasteiger partial charge is 0.508 e. The smallest absolute Gasteiger partial charge is 0.117 e. The van der Waals surface area contributed by atoms with Crippen LogP contribution < -0.4 is 5.73 Å². The summed E-state index contributed by atoms with van der Waals surface area (Å²) in [6, 6.07) is 4.84. The summed E-state index contributed by atoms with van der Waals surface area (Å²) in [6.45, 7) is 0.478. The standard InChI is InChI=1S/C8H11NO2/c1-11-5-6-2-3-7(10)4-8(6)9/h2-4,10H,5,9H2,1H3. The molecule has 1 aromatic rings. The van der Waals surface area contributed by atoms with Crippen LogP contribution in [0.15, 0.2) is 18.2 Å². The number of phenolic OH excluding ortho intramolecular Hbond substituents is 1. The molecule has 0 atom stereocenters. The van der Waals surface area contributed by atoms with Crippen molar-refractivity contribution in [3.63, 3.8) is 0 Å². The first kappa shape index (κ1) is 7.88. The Balaban J connectivity index is 2.90. The highest BCUT2D eigenvalue weighted by Crippen LogP contribution is 2.18. The number of nitrogen functional groups attached to an aromatic ring is 1. The van der Waals surface area contributed by atoms with Crippen molar-refractivity contribution in [1.82, 2.24) is 0 Å². The Morgan fingerprint density at radius 3 is 2.82 bits per heavy atom. The second-order valence-electron chi connectivity index (χ2n) is 2.32. The maximum atomic E-state index is 8.98. The third kappa shape index (κ3) is 1.85. The van der Waals surface area contributed by atoms with Gasteiger partial charge in [-0.15, -0.1) is 0 Å². The number of methoxy groups -OCH3 is 1. The number of phenols is 1. The van der Waals surface area contributed by atoms with Crippen molar-refractivity contribution in [1.29, 1.82) is 0 Å². The molecule has 0 amide bonds. The average Bonchev–Trinajstić information content (AvgIpc) is 1.95. The fraction of sp³-hybridized carbons (Fsp3) is 0.250. The lowest BCUT2D eigenvalue weighted by molar-refractivity contribution is 0.185. The first-order chi connectivity index (χ1) is 5.24. The summed E-state index contributed by atoms with van der Waals surface area (Å²) in [5.74, 6) is 0.183. The minimum absolute atomic E-state index is 0.183. The minimum Gasteiger partial charge on any atom is -0.508 e. The summed E-state index contributed by atoms with van der Waals surface area (Å²) < 4.78 is 4.89. The molecule has 0 heterocycles. The van der Waals surface area contributed by atoms with Crippen LogP contribution in [0.3, 0.4) is 0 Å². The highest BCUT2D eigenvalue weighted by atomic mass is 16.5. The molecule has 0 bridgehead atoms. The van der Waals surface area contributed by atoms with Gasteiger partial charge in [0.15, 0.2) is 0 Å². The van der Waals surface area contributed by atoms with Crippen LogP contribution in [0.5, 0.6) is 5.75 Å². The zero-order chi connectivity index (χ0) is 8.27. The van der Waals surface area contributed by atoms with Gasteiger partial charge < -0.3 is 15.6 Å². The van der Waals surface area contributed by atoms with Crippen molar-refractivity contribution in [3.8, 4) is 5.75 Å². The van der Waals surface area contributed by atoms with Crippen LogP contribution in [0.4, 0.5) is 5.69 Å². The molecule has 0 saturated heterocycles. The van der Waals surface area contributed by atoms with Gasteiger partial charge >= 0.3 is 0 Å². The molecule has 1 rings (SSSR count). The van der Waals surface area contributed by atoms with E-state index in [1.54, 1.807) is 19.2 Å². The van der Waals surface area contributed by atoms with Crippen LogP contribution in [0.1, 0.15) is 5.56 Å². The molecule has 0 unspecified atom stereocenters. The van der Waals surface area contributed by atoms with Gasteiger partial charge in [0.25, 0.3) is 0 Å². The van der Waals surface area contributed by atoms with Crippen molar-refractivity contribution < 1.29 is 9.84 Å². The number of rotatable bonds is 2. The van der Waals surface area contributed by atoms with Crippen LogP contribution in [0.2, 0.25) is 0 Å². The van der Waals surface area contributed by atoms with E-state index in [0.717, 1.165) is 5.56 Å². The van der Waals surface area contributed by atoms with Gasteiger partial charge in [0, 0.05) is 24.4 Å². The lowest BCUT2D eigenvalue weighted by Gasteiger charge is -2.03. The second-order valence-corrected chi connectivity index (χ2v) is 2.32. The molecule has 0 aliphatic rings. The summed E-state index contributed by atoms with van der Waals surface area (Å²) in [4.78, 5) is 0. The van der Waals surface area contributed by atoms with Crippen LogP contribution >= 0.6 is 0 Å². The van der Waals surface area contributed by atoms with Crippen LogP contribution in [-0.4, -0.2) is 12.2 Å². The highest BCUT2D eigenvalue weighted by Gasteiger charge is 1.98. The van der Waals surface area contributed by atoms with Gasteiger partial charge in [-0.05, 0) is 6.07 Å². The van der Waals surface area contributed by atoms with Crippen molar-refractivity contribution in [2.45, 2.75) is 6.61 Å². The number of benzene rings is 1. The van der Waals surface area contributed by atoms with Gasteiger partial charge in [-0.25, -0.2) is 0 Å². The minimum atomic E-state index is 0.183. The van der Waals surface area contributed by atoms with Crippen LogP contribution in [0.25, 0.3) is 0 Å². The summed E-state index contributed by atoms with van der Waals surface area (Å²) in [5.41, 5.74) is 7.02. The van der Waals surface area contributed by atoms with Gasteiger partial charge in [-0.2, -0.15) is 0 Å². The number of hydrogen-bond donors (Lipinski definition) is 2. The maximum absolute atomic E-state index is 8.98. The molecule has 3 nitrogen and oxygen atoms in total. The normalized spacial score (nSPS) is 9.91. The Morgan fingerprint density at radius 2 is 2.27 bits per heavy atom. The molecule has 0 radical (unpaired) electrons. The zero-order valence-corrected chi connectivity index (χ0v) is 6.37. The van der Waals surface area contributed by atoms with Crippen LogP contribution in [0, 0.1) is 0 Å². The Kier molecular flexibility index (Phi) is 2.33. The van der Waals surface area contributed by atoms with E-state index in [9.17, 15) is 0 Å². The Bertz CT molecular complexity index is 248. The number of anilines is 1. The van der Waals surface area contributed by atoms with Crippen molar-refractivity contribution in [3.05, 3.63) is 23.8 Å². The Morgan fingerprint density at radius 1 is 1.55 bits per heavy atom. The second kappa shape index (κ2) is 3.25. The van der Waals surface area contributed by atoms with E-state index >= 15 is 0 Å². The van der Waals surface area contributed by atoms with E-state index in [4.69, 9.17) is 15.6 Å². The molecular weight excluding hydrogens is 142 g/mol. The van der Waals surface area contributed by atoms with Crippen molar-refractivity contribution in [2.24, 2.45) is 0 Å². The number of hydrogen-bond acceptors (Lipinski definition) is 3. The molecule has 60 valence electrons. The van der Waals surface area contributed by atoms with Gasteiger partial charge in [0.2, 0.25) is 0 Å². The lowest BCUT2D eigenvalue weighted by Crippen LogP contribution is -1.94. The van der Waals surface area contributed by atoms with Crippen molar-refractivity contribution >= 4 is 5.69 Å². The summed E-state index contributed by atoms with van der Waals surface area (Å²) in [7, 11) is 1.60. The Labute approximate surface area is 65.4 Å². The SMILES string of the molecule is COCc1ccc(O)cc1N. The maximum Gasteiger partial charge on any atom is 0.117 e. The van der Waals surface area contributed by atoms with Gasteiger partial charge in [0.1, 0.15) is 5.75 Å². The monoisotopic (exact) mass is 153 g/mol. The molecule has 3 heteroatoms. The Hall–Kier alpha value is -1.22. The molecular formula is C8H11NO2. The van der Waals surface area contributed by atoms with Gasteiger partial charge in [0.05, 0.1) is 6.61 Å². The van der Waals surface area contributed by atoms with Crippen LogP contribution in [-0.2, 0) is 11.3 Å². The third-order valence-corrected chi connectivity index (χ3v) is 1.43. The first-order valence-corrected chi connectivity index (χ1v) is 3.30. The molecule has 0 aliphatic heterocycles. The van der Waals surface area contributed by atoms with E-state index < -0.39 is 0 Å². The lowest BCUT2D eigenvalue weighted by atomic mass is 10.2. The fourth-order valence-electron chi connectivity index (χ4n) is 0.869. The molecule has 0 fully saturated rings. The number of nitrogens with two attached hydrogens (primary N) is 1. The zero-order valence-electron chi connectivity index (χ0n) is 6.37. The molecule has 3 N–H and O–H groups in total. The van der Waals surface area contributed by atoms with Crippen molar-refractivity contribution in [2.75, 3.05) is 12.8 Å². The molecule has 11 heavy (non-hydrogen) atoms. The van der Waals surface area contributed by atoms with E-state index in [-0.39, 0.29) is 5.75 Å². The van der Waals surface area contributed by atoms with E-state index in [2.05, 4.69) is 0 Å². The summed E-state index contributed by atoms with van der Waals surface area (Å²) >= 11 is 0. The van der Waals surface area contributed by atoms with Gasteiger partial charge in [-0.3, -0.25) is 0 Å². The molecule has 0 aromatic heterocycles. The predicted molar refractivity (Wildman–Crippen MR) is 43.2 cm³/mol. The van der Waals surface area contributed by atoms with E-state index in [1.165, 1.54) is 6.07 Å². The average molecular weight is 153 g/mol. The predicted octanol–water partition coefficient (Wildman–Crippen LogP) is 1.12. The summed E-state index contributed by atoms with van der Waals surface area (Å²) in [5, 5.41) is 8.98. The molecule has 0 saturated carbocycles. The molecule has 0 aliphatic carbocycles. The van der Waals surface area contributed by atoms with Gasteiger partial charge in [-0.1, -0.05) is 6.07 Å². The third-order valence-electron chi connectivity index (χ3n) is 1.43. The highest BCUT2D eigenvalue weighted by molar-refractivity contribution is 5.50. The summed E-state index contributed by atoms with van der Waals surface area (Å²) in [6.07, 6.45) is 0. The van der Waals surface area contributed by atoms with E-state index in [1.807, 2.05) is 0 Å². The topological polar surface area (TPSA) is 55.5 Å².